The summed E-state index contributed by atoms with van der Waals surface area (Å²) in [5.74, 6) is 0.950. The topological polar surface area (TPSA) is 25.4 Å². The molecule has 0 aliphatic carbocycles. The molecule has 3 nitrogen and oxygen atoms in total. The zero-order chi connectivity index (χ0) is 16.8. The minimum atomic E-state index is 0.352. The summed E-state index contributed by atoms with van der Waals surface area (Å²) in [5, 5.41) is 0. The highest BCUT2D eigenvalue weighted by Crippen LogP contribution is 2.27. The summed E-state index contributed by atoms with van der Waals surface area (Å²) in [6, 6.07) is 12.4. The lowest BCUT2D eigenvalue weighted by Crippen LogP contribution is -2.47. The van der Waals surface area contributed by atoms with Gasteiger partial charge < -0.3 is 4.74 Å². The third-order valence-corrected chi connectivity index (χ3v) is 5.03. The second kappa shape index (κ2) is 7.80. The Morgan fingerprint density at radius 2 is 1.71 bits per heavy atom. The van der Waals surface area contributed by atoms with Crippen LogP contribution < -0.4 is 4.74 Å². The standard InChI is InChI=1S/C21H28N2O/c1-21(2)12-3-4-15-23(21)16-5-17-24-20-8-6-18(7-9-20)19-10-13-22-14-11-19/h6-11,13-14H,3-5,12,15-17H2,1-2H3. The number of ether oxygens (including phenoxy) is 1. The molecule has 0 bridgehead atoms. The van der Waals surface area contributed by atoms with E-state index in [4.69, 9.17) is 4.74 Å². The molecule has 24 heavy (non-hydrogen) atoms. The summed E-state index contributed by atoms with van der Waals surface area (Å²) in [7, 11) is 0. The second-order valence-corrected chi connectivity index (χ2v) is 7.22. The Hall–Kier alpha value is -1.87. The fourth-order valence-electron chi connectivity index (χ4n) is 3.47. The number of benzene rings is 1. The monoisotopic (exact) mass is 324 g/mol. The van der Waals surface area contributed by atoms with Gasteiger partial charge in [0.1, 0.15) is 5.75 Å². The third-order valence-electron chi connectivity index (χ3n) is 5.03. The largest absolute Gasteiger partial charge is 0.494 e. The minimum absolute atomic E-state index is 0.352. The van der Waals surface area contributed by atoms with Crippen LogP contribution in [0.5, 0.6) is 5.75 Å². The van der Waals surface area contributed by atoms with Crippen molar-refractivity contribution in [3.8, 4) is 16.9 Å². The maximum absolute atomic E-state index is 5.92. The molecule has 0 unspecified atom stereocenters. The smallest absolute Gasteiger partial charge is 0.119 e. The Morgan fingerprint density at radius 1 is 1.00 bits per heavy atom. The van der Waals surface area contributed by atoms with Crippen molar-refractivity contribution in [3.63, 3.8) is 0 Å². The van der Waals surface area contributed by atoms with Crippen LogP contribution in [0.3, 0.4) is 0 Å². The van der Waals surface area contributed by atoms with E-state index in [1.54, 1.807) is 0 Å². The number of pyridine rings is 1. The van der Waals surface area contributed by atoms with Gasteiger partial charge in [-0.05, 0) is 75.0 Å². The lowest BCUT2D eigenvalue weighted by Gasteiger charge is -2.42. The van der Waals surface area contributed by atoms with Crippen molar-refractivity contribution in [2.75, 3.05) is 19.7 Å². The van der Waals surface area contributed by atoms with Crippen LogP contribution in [0.15, 0.2) is 48.8 Å². The predicted octanol–water partition coefficient (Wildman–Crippen LogP) is 4.78. The molecule has 1 aromatic heterocycles. The van der Waals surface area contributed by atoms with E-state index >= 15 is 0 Å². The van der Waals surface area contributed by atoms with Crippen molar-refractivity contribution in [1.82, 2.24) is 9.88 Å². The van der Waals surface area contributed by atoms with E-state index in [0.717, 1.165) is 25.3 Å². The molecular formula is C21H28N2O. The second-order valence-electron chi connectivity index (χ2n) is 7.22. The number of rotatable bonds is 6. The van der Waals surface area contributed by atoms with Crippen molar-refractivity contribution < 1.29 is 4.74 Å². The normalized spacial score (nSPS) is 17.6. The number of hydrogen-bond donors (Lipinski definition) is 0. The minimum Gasteiger partial charge on any atom is -0.494 e. The van der Waals surface area contributed by atoms with Gasteiger partial charge in [-0.25, -0.2) is 0 Å². The van der Waals surface area contributed by atoms with Gasteiger partial charge in [0.2, 0.25) is 0 Å². The van der Waals surface area contributed by atoms with Gasteiger partial charge in [-0.15, -0.1) is 0 Å². The first kappa shape index (κ1) is 17.0. The van der Waals surface area contributed by atoms with E-state index in [-0.39, 0.29) is 0 Å². The molecule has 0 saturated carbocycles. The number of likely N-dealkylation sites (tertiary alicyclic amines) is 1. The molecule has 1 aliphatic rings. The van der Waals surface area contributed by atoms with Gasteiger partial charge in [-0.2, -0.15) is 0 Å². The molecule has 0 N–H and O–H groups in total. The van der Waals surface area contributed by atoms with Crippen LogP contribution in [0, 0.1) is 0 Å². The lowest BCUT2D eigenvalue weighted by molar-refractivity contribution is 0.0713. The molecule has 1 fully saturated rings. The average Bonchev–Trinajstić information content (AvgIpc) is 2.61. The van der Waals surface area contributed by atoms with Gasteiger partial charge in [-0.1, -0.05) is 18.6 Å². The Kier molecular flexibility index (Phi) is 5.52. The Labute approximate surface area is 145 Å². The maximum atomic E-state index is 5.92. The molecule has 0 radical (unpaired) electrons. The lowest BCUT2D eigenvalue weighted by atomic mass is 9.90. The number of nitrogens with zero attached hydrogens (tertiary/aromatic N) is 2. The van der Waals surface area contributed by atoms with Gasteiger partial charge in [0, 0.05) is 24.5 Å². The van der Waals surface area contributed by atoms with Crippen molar-refractivity contribution in [2.45, 2.75) is 45.1 Å². The van der Waals surface area contributed by atoms with Crippen molar-refractivity contribution in [1.29, 1.82) is 0 Å². The first-order valence-corrected chi connectivity index (χ1v) is 9.03. The first-order valence-electron chi connectivity index (χ1n) is 9.03. The highest BCUT2D eigenvalue weighted by Gasteiger charge is 2.28. The quantitative estimate of drug-likeness (QED) is 0.715. The van der Waals surface area contributed by atoms with Gasteiger partial charge in [0.15, 0.2) is 0 Å². The highest BCUT2D eigenvalue weighted by atomic mass is 16.5. The van der Waals surface area contributed by atoms with E-state index < -0.39 is 0 Å². The zero-order valence-electron chi connectivity index (χ0n) is 14.9. The molecule has 2 heterocycles. The Balaban J connectivity index is 1.45. The summed E-state index contributed by atoms with van der Waals surface area (Å²) in [4.78, 5) is 6.68. The maximum Gasteiger partial charge on any atom is 0.119 e. The number of aromatic nitrogens is 1. The van der Waals surface area contributed by atoms with E-state index in [2.05, 4.69) is 48.0 Å². The van der Waals surface area contributed by atoms with Gasteiger partial charge in [0.25, 0.3) is 0 Å². The summed E-state index contributed by atoms with van der Waals surface area (Å²) < 4.78 is 5.92. The van der Waals surface area contributed by atoms with Gasteiger partial charge in [-0.3, -0.25) is 9.88 Å². The molecule has 1 aliphatic heterocycles. The van der Waals surface area contributed by atoms with Crippen molar-refractivity contribution in [2.24, 2.45) is 0 Å². The summed E-state index contributed by atoms with van der Waals surface area (Å²) in [6.45, 7) is 7.87. The molecule has 2 aromatic rings. The van der Waals surface area contributed by atoms with E-state index in [0.29, 0.717) is 5.54 Å². The SMILES string of the molecule is CC1(C)CCCCN1CCCOc1ccc(-c2ccncc2)cc1. The van der Waals surface area contributed by atoms with Crippen LogP contribution in [0.25, 0.3) is 11.1 Å². The molecule has 128 valence electrons. The van der Waals surface area contributed by atoms with Gasteiger partial charge >= 0.3 is 0 Å². The van der Waals surface area contributed by atoms with Crippen LogP contribution in [-0.4, -0.2) is 35.1 Å². The van der Waals surface area contributed by atoms with Crippen LogP contribution >= 0.6 is 0 Å². The molecule has 3 heteroatoms. The summed E-state index contributed by atoms with van der Waals surface area (Å²) in [5.41, 5.74) is 2.73. The molecule has 1 aromatic carbocycles. The molecule has 0 spiro atoms. The Morgan fingerprint density at radius 3 is 2.42 bits per heavy atom. The van der Waals surface area contributed by atoms with Crippen LogP contribution in [0.2, 0.25) is 0 Å². The van der Waals surface area contributed by atoms with Crippen LogP contribution in [-0.2, 0) is 0 Å². The fourth-order valence-corrected chi connectivity index (χ4v) is 3.47. The van der Waals surface area contributed by atoms with E-state index in [1.165, 1.54) is 36.9 Å². The van der Waals surface area contributed by atoms with Crippen molar-refractivity contribution >= 4 is 0 Å². The average molecular weight is 324 g/mol. The molecule has 3 rings (SSSR count). The summed E-state index contributed by atoms with van der Waals surface area (Å²) in [6.07, 6.45) is 8.73. The van der Waals surface area contributed by atoms with Crippen LogP contribution in [0.1, 0.15) is 39.5 Å². The fraction of sp³-hybridized carbons (Fsp3) is 0.476. The predicted molar refractivity (Wildman–Crippen MR) is 99.3 cm³/mol. The first-order chi connectivity index (χ1) is 11.6. The van der Waals surface area contributed by atoms with Crippen LogP contribution in [0.4, 0.5) is 0 Å². The van der Waals surface area contributed by atoms with E-state index in [9.17, 15) is 0 Å². The zero-order valence-corrected chi connectivity index (χ0v) is 14.9. The number of piperidine rings is 1. The summed E-state index contributed by atoms with van der Waals surface area (Å²) >= 11 is 0. The molecule has 0 atom stereocenters. The highest BCUT2D eigenvalue weighted by molar-refractivity contribution is 5.63. The van der Waals surface area contributed by atoms with Gasteiger partial charge in [0.05, 0.1) is 6.61 Å². The van der Waals surface area contributed by atoms with E-state index in [1.807, 2.05) is 24.5 Å². The molecule has 1 saturated heterocycles. The molecular weight excluding hydrogens is 296 g/mol. The van der Waals surface area contributed by atoms with Crippen molar-refractivity contribution in [3.05, 3.63) is 48.8 Å². The third kappa shape index (κ3) is 4.35. The number of hydrogen-bond acceptors (Lipinski definition) is 3. The molecule has 0 amide bonds. The Bertz CT molecular complexity index is 622.